The number of halogens is 3. The van der Waals surface area contributed by atoms with Gasteiger partial charge >= 0.3 is 6.18 Å². The summed E-state index contributed by atoms with van der Waals surface area (Å²) < 4.78 is 39.7. The van der Waals surface area contributed by atoms with E-state index in [1.807, 2.05) is 36.1 Å². The highest BCUT2D eigenvalue weighted by atomic mass is 19.4. The number of hydrogen-bond donors (Lipinski definition) is 0. The third-order valence-corrected chi connectivity index (χ3v) is 3.96. The summed E-state index contributed by atoms with van der Waals surface area (Å²) in [4.78, 5) is 1.94. The van der Waals surface area contributed by atoms with Gasteiger partial charge in [-0.2, -0.15) is 17.7 Å². The Kier molecular flexibility index (Phi) is 2.84. The van der Waals surface area contributed by atoms with E-state index < -0.39 is 12.0 Å². The highest BCUT2D eigenvalue weighted by Gasteiger charge is 2.38. The van der Waals surface area contributed by atoms with E-state index in [0.29, 0.717) is 5.82 Å². The van der Waals surface area contributed by atoms with Crippen LogP contribution in [-0.4, -0.2) is 25.9 Å². The van der Waals surface area contributed by atoms with E-state index in [-0.39, 0.29) is 11.7 Å². The van der Waals surface area contributed by atoms with Crippen molar-refractivity contribution in [1.29, 1.82) is 0 Å². The molecular formula is C15H12F3N5. The predicted octanol–water partition coefficient (Wildman–Crippen LogP) is 3.23. The lowest BCUT2D eigenvalue weighted by atomic mass is 10.1. The van der Waals surface area contributed by atoms with Gasteiger partial charge in [0.25, 0.3) is 5.82 Å². The molecule has 2 aromatic heterocycles. The maximum atomic E-state index is 13.0. The molecule has 3 heterocycles. The van der Waals surface area contributed by atoms with Crippen LogP contribution in [0, 0.1) is 0 Å². The summed E-state index contributed by atoms with van der Waals surface area (Å²) in [7, 11) is 0. The van der Waals surface area contributed by atoms with E-state index in [0.717, 1.165) is 22.2 Å². The van der Waals surface area contributed by atoms with Crippen LogP contribution >= 0.6 is 0 Å². The predicted molar refractivity (Wildman–Crippen MR) is 77.5 cm³/mol. The average molecular weight is 319 g/mol. The van der Waals surface area contributed by atoms with Crippen molar-refractivity contribution in [2.75, 3.05) is 4.90 Å². The van der Waals surface area contributed by atoms with Crippen LogP contribution in [0.3, 0.4) is 0 Å². The van der Waals surface area contributed by atoms with Gasteiger partial charge in [-0.15, -0.1) is 15.3 Å². The Bertz CT molecular complexity index is 886. The highest BCUT2D eigenvalue weighted by Crippen LogP contribution is 2.37. The van der Waals surface area contributed by atoms with Crippen LogP contribution < -0.4 is 4.90 Å². The summed E-state index contributed by atoms with van der Waals surface area (Å²) in [6.45, 7) is 2.02. The van der Waals surface area contributed by atoms with Crippen LogP contribution in [-0.2, 0) is 12.6 Å². The monoisotopic (exact) mass is 319 g/mol. The molecule has 0 fully saturated rings. The molecule has 0 saturated heterocycles. The topological polar surface area (TPSA) is 46.3 Å². The molecule has 0 aliphatic carbocycles. The minimum absolute atomic E-state index is 0.0706. The highest BCUT2D eigenvalue weighted by molar-refractivity contribution is 5.69. The van der Waals surface area contributed by atoms with Gasteiger partial charge in [-0.05, 0) is 37.1 Å². The Morgan fingerprint density at radius 3 is 2.65 bits per heavy atom. The smallest absolute Gasteiger partial charge is 0.322 e. The number of anilines is 2. The number of alkyl halides is 3. The molecule has 1 unspecified atom stereocenters. The standard InChI is InChI=1S/C15H12F3N5/c1-9-8-10-4-2-3-5-11(10)22(9)13-7-6-12-19-20-14(15(16,17)18)23(12)21-13/h2-7,9H,8H2,1H3. The number of hydrogen-bond acceptors (Lipinski definition) is 4. The second kappa shape index (κ2) is 4.68. The first-order chi connectivity index (χ1) is 10.9. The van der Waals surface area contributed by atoms with Crippen molar-refractivity contribution < 1.29 is 13.2 Å². The Morgan fingerprint density at radius 2 is 1.87 bits per heavy atom. The Labute approximate surface area is 129 Å². The molecule has 0 bridgehead atoms. The number of fused-ring (bicyclic) bond motifs is 2. The van der Waals surface area contributed by atoms with E-state index in [1.165, 1.54) is 6.07 Å². The number of nitrogens with zero attached hydrogens (tertiary/aromatic N) is 5. The van der Waals surface area contributed by atoms with E-state index >= 15 is 0 Å². The van der Waals surface area contributed by atoms with Crippen molar-refractivity contribution in [3.8, 4) is 0 Å². The third-order valence-electron chi connectivity index (χ3n) is 3.96. The molecule has 0 spiro atoms. The minimum Gasteiger partial charge on any atom is -0.322 e. The lowest BCUT2D eigenvalue weighted by molar-refractivity contribution is -0.146. The summed E-state index contributed by atoms with van der Waals surface area (Å²) in [5.74, 6) is -0.672. The molecule has 0 amide bonds. The van der Waals surface area contributed by atoms with Gasteiger partial charge in [0.2, 0.25) is 0 Å². The number of rotatable bonds is 1. The van der Waals surface area contributed by atoms with Crippen molar-refractivity contribution in [2.45, 2.75) is 25.6 Å². The molecule has 23 heavy (non-hydrogen) atoms. The summed E-state index contributed by atoms with van der Waals surface area (Å²) in [6.07, 6.45) is -3.77. The Hall–Kier alpha value is -2.64. The van der Waals surface area contributed by atoms with E-state index in [1.54, 1.807) is 6.07 Å². The summed E-state index contributed by atoms with van der Waals surface area (Å²) >= 11 is 0. The summed E-state index contributed by atoms with van der Waals surface area (Å²) in [5.41, 5.74) is 2.19. The first kappa shape index (κ1) is 14.0. The van der Waals surface area contributed by atoms with Crippen molar-refractivity contribution in [2.24, 2.45) is 0 Å². The van der Waals surface area contributed by atoms with E-state index in [2.05, 4.69) is 15.3 Å². The first-order valence-corrected chi connectivity index (χ1v) is 7.12. The van der Waals surface area contributed by atoms with Gasteiger partial charge in [-0.1, -0.05) is 18.2 Å². The fourth-order valence-corrected chi connectivity index (χ4v) is 3.00. The molecule has 0 saturated carbocycles. The van der Waals surface area contributed by atoms with Crippen LogP contribution in [0.25, 0.3) is 5.65 Å². The van der Waals surface area contributed by atoms with Gasteiger partial charge in [-0.3, -0.25) is 0 Å². The second-order valence-electron chi connectivity index (χ2n) is 5.53. The molecule has 1 aliphatic rings. The third kappa shape index (κ3) is 2.13. The van der Waals surface area contributed by atoms with Gasteiger partial charge in [0.05, 0.1) is 0 Å². The number of benzene rings is 1. The number of para-hydroxylation sites is 1. The normalized spacial score (nSPS) is 17.7. The van der Waals surface area contributed by atoms with Crippen molar-refractivity contribution >= 4 is 17.2 Å². The number of aromatic nitrogens is 4. The molecule has 3 aromatic rings. The molecule has 0 radical (unpaired) electrons. The van der Waals surface area contributed by atoms with Crippen molar-refractivity contribution in [3.63, 3.8) is 0 Å². The largest absolute Gasteiger partial charge is 0.453 e. The van der Waals surface area contributed by atoms with Crippen molar-refractivity contribution in [1.82, 2.24) is 19.8 Å². The lowest BCUT2D eigenvalue weighted by Gasteiger charge is -2.23. The molecule has 1 atom stereocenters. The van der Waals surface area contributed by atoms with E-state index in [9.17, 15) is 13.2 Å². The average Bonchev–Trinajstić information content (AvgIpc) is 3.05. The zero-order chi connectivity index (χ0) is 16.2. The zero-order valence-corrected chi connectivity index (χ0v) is 12.1. The maximum Gasteiger partial charge on any atom is 0.453 e. The minimum atomic E-state index is -4.60. The Balaban J connectivity index is 1.87. The second-order valence-corrected chi connectivity index (χ2v) is 5.53. The van der Waals surface area contributed by atoms with Gasteiger partial charge in [-0.25, -0.2) is 0 Å². The molecule has 1 aliphatic heterocycles. The molecule has 118 valence electrons. The van der Waals surface area contributed by atoms with Gasteiger partial charge in [0, 0.05) is 11.7 Å². The van der Waals surface area contributed by atoms with Crippen LogP contribution in [0.2, 0.25) is 0 Å². The van der Waals surface area contributed by atoms with Crippen molar-refractivity contribution in [3.05, 3.63) is 47.8 Å². The van der Waals surface area contributed by atoms with Crippen LogP contribution in [0.15, 0.2) is 36.4 Å². The molecular weight excluding hydrogens is 307 g/mol. The van der Waals surface area contributed by atoms with Crippen LogP contribution in [0.5, 0.6) is 0 Å². The van der Waals surface area contributed by atoms with Crippen LogP contribution in [0.4, 0.5) is 24.7 Å². The fourth-order valence-electron chi connectivity index (χ4n) is 3.00. The lowest BCUT2D eigenvalue weighted by Crippen LogP contribution is -2.25. The summed E-state index contributed by atoms with van der Waals surface area (Å²) in [6, 6.07) is 11.1. The van der Waals surface area contributed by atoms with Crippen LogP contribution in [0.1, 0.15) is 18.3 Å². The van der Waals surface area contributed by atoms with E-state index in [4.69, 9.17) is 0 Å². The molecule has 8 heteroatoms. The van der Waals surface area contributed by atoms with Gasteiger partial charge < -0.3 is 4.90 Å². The Morgan fingerprint density at radius 1 is 1.09 bits per heavy atom. The fraction of sp³-hybridized carbons (Fsp3) is 0.267. The molecule has 4 rings (SSSR count). The van der Waals surface area contributed by atoms with Gasteiger partial charge in [0.15, 0.2) is 11.5 Å². The molecule has 0 N–H and O–H groups in total. The zero-order valence-electron chi connectivity index (χ0n) is 12.1. The maximum absolute atomic E-state index is 13.0. The summed E-state index contributed by atoms with van der Waals surface area (Å²) in [5, 5.41) is 10.9. The quantitative estimate of drug-likeness (QED) is 0.691. The first-order valence-electron chi connectivity index (χ1n) is 7.12. The molecule has 5 nitrogen and oxygen atoms in total. The van der Waals surface area contributed by atoms with Gasteiger partial charge in [0.1, 0.15) is 0 Å². The molecule has 1 aromatic carbocycles. The SMILES string of the molecule is CC1Cc2ccccc2N1c1ccc2nnc(C(F)(F)F)n2n1.